The molecule has 0 bridgehead atoms. The van der Waals surface area contributed by atoms with Gasteiger partial charge in [0.15, 0.2) is 0 Å². The van der Waals surface area contributed by atoms with Crippen LogP contribution in [-0.4, -0.2) is 18.1 Å². The lowest BCUT2D eigenvalue weighted by molar-refractivity contribution is 0.238. The number of carbonyl (C=O) groups excluding carboxylic acids is 1. The van der Waals surface area contributed by atoms with Gasteiger partial charge in [-0.15, -0.1) is 0 Å². The number of amides is 2. The number of urea groups is 1. The molecule has 0 aliphatic heterocycles. The molecule has 1 aliphatic carbocycles. The fraction of sp³-hybridized carbons (Fsp3) is 0.750. The Bertz CT molecular complexity index is 205. The molecule has 0 heterocycles. The maximum absolute atomic E-state index is 11.0. The third-order valence-corrected chi connectivity index (χ3v) is 1.78. The number of hydrogen-bond acceptors (Lipinski definition) is 2. The van der Waals surface area contributed by atoms with E-state index in [4.69, 9.17) is 5.26 Å². The highest BCUT2D eigenvalue weighted by molar-refractivity contribution is 5.75. The SMILES string of the molecule is CCC(C#N)NC(=O)NC1CC1. The molecule has 0 aromatic rings. The molecule has 0 spiro atoms. The summed E-state index contributed by atoms with van der Waals surface area (Å²) in [4.78, 5) is 11.0. The normalized spacial score (nSPS) is 17.7. The fourth-order valence-electron chi connectivity index (χ4n) is 0.839. The van der Waals surface area contributed by atoms with E-state index in [1.54, 1.807) is 0 Å². The van der Waals surface area contributed by atoms with Crippen LogP contribution in [0.2, 0.25) is 0 Å². The first kappa shape index (κ1) is 8.85. The van der Waals surface area contributed by atoms with E-state index in [1.807, 2.05) is 13.0 Å². The number of carbonyl (C=O) groups is 1. The second kappa shape index (κ2) is 3.96. The molecule has 1 unspecified atom stereocenters. The van der Waals surface area contributed by atoms with E-state index in [0.29, 0.717) is 12.5 Å². The molecule has 0 aromatic carbocycles. The summed E-state index contributed by atoms with van der Waals surface area (Å²) in [5.41, 5.74) is 0. The zero-order chi connectivity index (χ0) is 8.97. The van der Waals surface area contributed by atoms with Crippen LogP contribution < -0.4 is 10.6 Å². The Morgan fingerprint density at radius 2 is 2.42 bits per heavy atom. The Labute approximate surface area is 71.9 Å². The highest BCUT2D eigenvalue weighted by atomic mass is 16.2. The van der Waals surface area contributed by atoms with Crippen LogP contribution in [0.4, 0.5) is 4.79 Å². The van der Waals surface area contributed by atoms with Crippen LogP contribution in [0.15, 0.2) is 0 Å². The smallest absolute Gasteiger partial charge is 0.316 e. The van der Waals surface area contributed by atoms with Crippen molar-refractivity contribution in [1.29, 1.82) is 5.26 Å². The van der Waals surface area contributed by atoms with Crippen molar-refractivity contribution < 1.29 is 4.79 Å². The second-order valence-corrected chi connectivity index (χ2v) is 2.98. The van der Waals surface area contributed by atoms with Crippen molar-refractivity contribution in [2.24, 2.45) is 0 Å². The number of hydrogen-bond donors (Lipinski definition) is 2. The molecule has 2 N–H and O–H groups in total. The summed E-state index contributed by atoms with van der Waals surface area (Å²) in [6.07, 6.45) is 2.78. The molecule has 4 nitrogen and oxygen atoms in total. The van der Waals surface area contributed by atoms with E-state index >= 15 is 0 Å². The maximum atomic E-state index is 11.0. The van der Waals surface area contributed by atoms with Crippen molar-refractivity contribution in [2.45, 2.75) is 38.3 Å². The molecule has 1 fully saturated rings. The highest BCUT2D eigenvalue weighted by Crippen LogP contribution is 2.18. The molecule has 12 heavy (non-hydrogen) atoms. The lowest BCUT2D eigenvalue weighted by Crippen LogP contribution is -2.42. The van der Waals surface area contributed by atoms with Gasteiger partial charge >= 0.3 is 6.03 Å². The summed E-state index contributed by atoms with van der Waals surface area (Å²) in [5.74, 6) is 0. The summed E-state index contributed by atoms with van der Waals surface area (Å²) in [6.45, 7) is 1.87. The monoisotopic (exact) mass is 167 g/mol. The van der Waals surface area contributed by atoms with Crippen LogP contribution in [0.5, 0.6) is 0 Å². The average molecular weight is 167 g/mol. The van der Waals surface area contributed by atoms with Crippen LogP contribution in [0.25, 0.3) is 0 Å². The molecule has 0 saturated heterocycles. The lowest BCUT2D eigenvalue weighted by atomic mass is 10.2. The number of nitrogens with zero attached hydrogens (tertiary/aromatic N) is 1. The summed E-state index contributed by atoms with van der Waals surface area (Å²) >= 11 is 0. The van der Waals surface area contributed by atoms with Gasteiger partial charge in [-0.25, -0.2) is 4.79 Å². The van der Waals surface area contributed by atoms with Gasteiger partial charge in [0.1, 0.15) is 6.04 Å². The lowest BCUT2D eigenvalue weighted by Gasteiger charge is -2.09. The van der Waals surface area contributed by atoms with Crippen molar-refractivity contribution >= 4 is 6.03 Å². The van der Waals surface area contributed by atoms with E-state index in [2.05, 4.69) is 10.6 Å². The maximum Gasteiger partial charge on any atom is 0.316 e. The molecular formula is C8H13N3O. The number of nitrogens with one attached hydrogen (secondary N) is 2. The predicted octanol–water partition coefficient (Wildman–Crippen LogP) is 0.750. The van der Waals surface area contributed by atoms with Gasteiger partial charge in [0.2, 0.25) is 0 Å². The van der Waals surface area contributed by atoms with Gasteiger partial charge in [-0.3, -0.25) is 0 Å². The Kier molecular flexibility index (Phi) is 2.92. The van der Waals surface area contributed by atoms with Crippen molar-refractivity contribution in [1.82, 2.24) is 10.6 Å². The first-order valence-electron chi connectivity index (χ1n) is 4.23. The molecule has 2 amide bonds. The zero-order valence-electron chi connectivity index (χ0n) is 7.13. The zero-order valence-corrected chi connectivity index (χ0v) is 7.13. The summed E-state index contributed by atoms with van der Waals surface area (Å²) < 4.78 is 0. The quantitative estimate of drug-likeness (QED) is 0.651. The van der Waals surface area contributed by atoms with Gasteiger partial charge < -0.3 is 10.6 Å². The summed E-state index contributed by atoms with van der Waals surface area (Å²) in [6, 6.07) is 1.78. The van der Waals surface area contributed by atoms with E-state index in [1.165, 1.54) is 0 Å². The first-order chi connectivity index (χ1) is 5.76. The topological polar surface area (TPSA) is 64.9 Å². The molecule has 4 heteroatoms. The minimum absolute atomic E-state index is 0.217. The van der Waals surface area contributed by atoms with Gasteiger partial charge in [-0.2, -0.15) is 5.26 Å². The minimum Gasteiger partial charge on any atom is -0.335 e. The molecule has 1 rings (SSSR count). The van der Waals surface area contributed by atoms with E-state index in [9.17, 15) is 4.79 Å². The van der Waals surface area contributed by atoms with Gasteiger partial charge in [-0.1, -0.05) is 6.92 Å². The first-order valence-corrected chi connectivity index (χ1v) is 4.23. The molecule has 66 valence electrons. The Morgan fingerprint density at radius 3 is 2.83 bits per heavy atom. The fourth-order valence-corrected chi connectivity index (χ4v) is 0.839. The molecule has 1 aliphatic rings. The van der Waals surface area contributed by atoms with Gasteiger partial charge in [0.05, 0.1) is 6.07 Å². The summed E-state index contributed by atoms with van der Waals surface area (Å²) in [7, 11) is 0. The third-order valence-electron chi connectivity index (χ3n) is 1.78. The van der Waals surface area contributed by atoms with Gasteiger partial charge in [0, 0.05) is 6.04 Å². The van der Waals surface area contributed by atoms with Crippen LogP contribution in [0.1, 0.15) is 26.2 Å². The third kappa shape index (κ3) is 2.79. The van der Waals surface area contributed by atoms with E-state index < -0.39 is 0 Å². The minimum atomic E-state index is -0.358. The highest BCUT2D eigenvalue weighted by Gasteiger charge is 2.23. The van der Waals surface area contributed by atoms with E-state index in [-0.39, 0.29) is 12.1 Å². The van der Waals surface area contributed by atoms with Crippen LogP contribution in [0.3, 0.4) is 0 Å². The van der Waals surface area contributed by atoms with Gasteiger partial charge in [0.25, 0.3) is 0 Å². The molecule has 1 saturated carbocycles. The van der Waals surface area contributed by atoms with Crippen LogP contribution >= 0.6 is 0 Å². The number of nitriles is 1. The molecular weight excluding hydrogens is 154 g/mol. The number of rotatable bonds is 3. The largest absolute Gasteiger partial charge is 0.335 e. The predicted molar refractivity (Wildman–Crippen MR) is 44.4 cm³/mol. The standard InChI is InChI=1S/C8H13N3O/c1-2-6(5-9)10-8(12)11-7-3-4-7/h6-7H,2-4H2,1H3,(H2,10,11,12). The molecule has 0 radical (unpaired) electrons. The van der Waals surface area contributed by atoms with Crippen LogP contribution in [0, 0.1) is 11.3 Å². The van der Waals surface area contributed by atoms with Crippen LogP contribution in [-0.2, 0) is 0 Å². The summed E-state index contributed by atoms with van der Waals surface area (Å²) in [5, 5.41) is 13.9. The van der Waals surface area contributed by atoms with Gasteiger partial charge in [-0.05, 0) is 19.3 Å². The second-order valence-electron chi connectivity index (χ2n) is 2.98. The molecule has 1 atom stereocenters. The average Bonchev–Trinajstić information content (AvgIpc) is 2.84. The Hall–Kier alpha value is -1.24. The van der Waals surface area contributed by atoms with Crippen molar-refractivity contribution in [2.75, 3.05) is 0 Å². The van der Waals surface area contributed by atoms with Crippen molar-refractivity contribution in [3.8, 4) is 6.07 Å². The Balaban J connectivity index is 2.19. The molecule has 0 aromatic heterocycles. The van der Waals surface area contributed by atoms with Crippen molar-refractivity contribution in [3.63, 3.8) is 0 Å². The van der Waals surface area contributed by atoms with Crippen molar-refractivity contribution in [3.05, 3.63) is 0 Å². The Morgan fingerprint density at radius 1 is 1.75 bits per heavy atom. The van der Waals surface area contributed by atoms with E-state index in [0.717, 1.165) is 12.8 Å².